The summed E-state index contributed by atoms with van der Waals surface area (Å²) in [5, 5.41) is 3.22. The predicted molar refractivity (Wildman–Crippen MR) is 59.3 cm³/mol. The molecule has 16 heavy (non-hydrogen) atoms. The van der Waals surface area contributed by atoms with E-state index in [2.05, 4.69) is 5.32 Å². The Kier molecular flexibility index (Phi) is 3.91. The Balaban J connectivity index is 1.79. The van der Waals surface area contributed by atoms with Gasteiger partial charge in [-0.1, -0.05) is 18.2 Å². The van der Waals surface area contributed by atoms with E-state index in [0.29, 0.717) is 18.8 Å². The highest BCUT2D eigenvalue weighted by Crippen LogP contribution is 2.02. The van der Waals surface area contributed by atoms with Crippen LogP contribution in [0.1, 0.15) is 10.4 Å². The highest BCUT2D eigenvalue weighted by atomic mass is 16.5. The molecule has 1 atom stereocenters. The van der Waals surface area contributed by atoms with Gasteiger partial charge in [0.05, 0.1) is 24.8 Å². The van der Waals surface area contributed by atoms with Crippen molar-refractivity contribution in [1.82, 2.24) is 5.32 Å². The van der Waals surface area contributed by atoms with Crippen molar-refractivity contribution in [3.05, 3.63) is 35.9 Å². The first-order valence-corrected chi connectivity index (χ1v) is 5.39. The second kappa shape index (κ2) is 5.63. The van der Waals surface area contributed by atoms with E-state index in [9.17, 15) is 4.79 Å². The van der Waals surface area contributed by atoms with Gasteiger partial charge < -0.3 is 14.8 Å². The molecule has 1 saturated heterocycles. The molecule has 1 aromatic rings. The number of hydrogen-bond acceptors (Lipinski definition) is 4. The summed E-state index contributed by atoms with van der Waals surface area (Å²) in [6.07, 6.45) is 0. The number of morpholine rings is 1. The molecule has 1 unspecified atom stereocenters. The fourth-order valence-corrected chi connectivity index (χ4v) is 1.56. The van der Waals surface area contributed by atoms with Crippen molar-refractivity contribution in [2.24, 2.45) is 0 Å². The molecule has 1 heterocycles. The normalized spacial score (nSPS) is 20.4. The molecular weight excluding hydrogens is 206 g/mol. The van der Waals surface area contributed by atoms with Gasteiger partial charge >= 0.3 is 5.97 Å². The van der Waals surface area contributed by atoms with Crippen LogP contribution in [0.3, 0.4) is 0 Å². The van der Waals surface area contributed by atoms with Crippen LogP contribution in [0.25, 0.3) is 0 Å². The third-order valence-electron chi connectivity index (χ3n) is 2.42. The number of rotatable bonds is 3. The standard InChI is InChI=1S/C12H15NO3/c14-12(10-4-2-1-3-5-10)16-9-11-8-15-7-6-13-11/h1-5,11,13H,6-9H2. The summed E-state index contributed by atoms with van der Waals surface area (Å²) >= 11 is 0. The minimum absolute atomic E-state index is 0.112. The highest BCUT2D eigenvalue weighted by molar-refractivity contribution is 5.89. The Morgan fingerprint density at radius 2 is 2.25 bits per heavy atom. The van der Waals surface area contributed by atoms with Crippen LogP contribution in [0, 0.1) is 0 Å². The van der Waals surface area contributed by atoms with Crippen molar-refractivity contribution in [3.8, 4) is 0 Å². The molecule has 2 rings (SSSR count). The maximum Gasteiger partial charge on any atom is 0.338 e. The first kappa shape index (κ1) is 11.1. The summed E-state index contributed by atoms with van der Waals surface area (Å²) in [4.78, 5) is 11.6. The zero-order valence-electron chi connectivity index (χ0n) is 9.02. The zero-order valence-corrected chi connectivity index (χ0v) is 9.02. The molecule has 1 aliphatic heterocycles. The van der Waals surface area contributed by atoms with Crippen molar-refractivity contribution in [2.45, 2.75) is 6.04 Å². The van der Waals surface area contributed by atoms with Crippen molar-refractivity contribution in [3.63, 3.8) is 0 Å². The van der Waals surface area contributed by atoms with Gasteiger partial charge in [0.1, 0.15) is 6.61 Å². The smallest absolute Gasteiger partial charge is 0.338 e. The van der Waals surface area contributed by atoms with E-state index in [1.165, 1.54) is 0 Å². The minimum atomic E-state index is -0.284. The van der Waals surface area contributed by atoms with Crippen LogP contribution in [0.15, 0.2) is 30.3 Å². The van der Waals surface area contributed by atoms with Gasteiger partial charge in [0, 0.05) is 6.54 Å². The van der Waals surface area contributed by atoms with E-state index in [0.717, 1.165) is 13.2 Å². The molecule has 0 saturated carbocycles. The summed E-state index contributed by atoms with van der Waals surface area (Å²) in [5.74, 6) is -0.284. The third kappa shape index (κ3) is 3.05. The predicted octanol–water partition coefficient (Wildman–Crippen LogP) is 0.832. The highest BCUT2D eigenvalue weighted by Gasteiger charge is 2.15. The minimum Gasteiger partial charge on any atom is -0.460 e. The maximum absolute atomic E-state index is 11.6. The van der Waals surface area contributed by atoms with Crippen molar-refractivity contribution in [1.29, 1.82) is 0 Å². The summed E-state index contributed by atoms with van der Waals surface area (Å²) in [6.45, 7) is 2.49. The lowest BCUT2D eigenvalue weighted by Crippen LogP contribution is -2.44. The monoisotopic (exact) mass is 221 g/mol. The maximum atomic E-state index is 11.6. The molecule has 0 aromatic heterocycles. The van der Waals surface area contributed by atoms with E-state index in [-0.39, 0.29) is 12.0 Å². The van der Waals surface area contributed by atoms with E-state index in [1.54, 1.807) is 12.1 Å². The fourth-order valence-electron chi connectivity index (χ4n) is 1.56. The summed E-state index contributed by atoms with van der Waals surface area (Å²) in [5.41, 5.74) is 0.583. The van der Waals surface area contributed by atoms with Gasteiger partial charge in [0.2, 0.25) is 0 Å². The van der Waals surface area contributed by atoms with Crippen LogP contribution in [-0.4, -0.2) is 38.4 Å². The fraction of sp³-hybridized carbons (Fsp3) is 0.417. The number of carbonyl (C=O) groups is 1. The first-order valence-electron chi connectivity index (χ1n) is 5.39. The molecule has 1 fully saturated rings. The van der Waals surface area contributed by atoms with Gasteiger partial charge in [-0.25, -0.2) is 4.79 Å². The zero-order chi connectivity index (χ0) is 11.2. The van der Waals surface area contributed by atoms with Gasteiger partial charge in [0.25, 0.3) is 0 Å². The topological polar surface area (TPSA) is 47.6 Å². The van der Waals surface area contributed by atoms with Gasteiger partial charge in [-0.3, -0.25) is 0 Å². The van der Waals surface area contributed by atoms with E-state index >= 15 is 0 Å². The van der Waals surface area contributed by atoms with Crippen molar-refractivity contribution >= 4 is 5.97 Å². The van der Waals surface area contributed by atoms with E-state index in [1.807, 2.05) is 18.2 Å². The molecule has 0 aliphatic carbocycles. The molecule has 0 spiro atoms. The van der Waals surface area contributed by atoms with E-state index in [4.69, 9.17) is 9.47 Å². The molecule has 1 aromatic carbocycles. The van der Waals surface area contributed by atoms with E-state index < -0.39 is 0 Å². The summed E-state index contributed by atoms with van der Waals surface area (Å²) in [6, 6.07) is 9.10. The van der Waals surface area contributed by atoms with Crippen LogP contribution < -0.4 is 5.32 Å². The summed E-state index contributed by atoms with van der Waals surface area (Å²) < 4.78 is 10.5. The number of ether oxygens (including phenoxy) is 2. The van der Waals surface area contributed by atoms with Crippen LogP contribution in [-0.2, 0) is 9.47 Å². The number of carbonyl (C=O) groups excluding carboxylic acids is 1. The van der Waals surface area contributed by atoms with Crippen molar-refractivity contribution < 1.29 is 14.3 Å². The Labute approximate surface area is 94.6 Å². The van der Waals surface area contributed by atoms with Crippen molar-refractivity contribution in [2.75, 3.05) is 26.4 Å². The average molecular weight is 221 g/mol. The Morgan fingerprint density at radius 3 is 2.94 bits per heavy atom. The summed E-state index contributed by atoms with van der Waals surface area (Å²) in [7, 11) is 0. The Bertz CT molecular complexity index is 333. The quantitative estimate of drug-likeness (QED) is 0.768. The molecule has 86 valence electrons. The van der Waals surface area contributed by atoms with Gasteiger partial charge in [-0.15, -0.1) is 0 Å². The number of hydrogen-bond donors (Lipinski definition) is 1. The molecule has 0 amide bonds. The Hall–Kier alpha value is -1.39. The molecule has 1 aliphatic rings. The van der Waals surface area contributed by atoms with Gasteiger partial charge in [-0.05, 0) is 12.1 Å². The second-order valence-electron chi connectivity index (χ2n) is 3.69. The number of nitrogens with one attached hydrogen (secondary N) is 1. The molecular formula is C12H15NO3. The SMILES string of the molecule is O=C(OCC1COCCN1)c1ccccc1. The van der Waals surface area contributed by atoms with Crippen LogP contribution in [0.5, 0.6) is 0 Å². The Morgan fingerprint density at radius 1 is 1.44 bits per heavy atom. The second-order valence-corrected chi connectivity index (χ2v) is 3.69. The number of esters is 1. The van der Waals surface area contributed by atoms with Crippen LogP contribution in [0.2, 0.25) is 0 Å². The first-order chi connectivity index (χ1) is 7.86. The number of benzene rings is 1. The third-order valence-corrected chi connectivity index (χ3v) is 2.42. The molecule has 4 nitrogen and oxygen atoms in total. The lowest BCUT2D eigenvalue weighted by molar-refractivity contribution is 0.0242. The largest absolute Gasteiger partial charge is 0.460 e. The molecule has 4 heteroatoms. The average Bonchev–Trinajstić information content (AvgIpc) is 2.38. The molecule has 1 N–H and O–H groups in total. The molecule has 0 bridgehead atoms. The van der Waals surface area contributed by atoms with Gasteiger partial charge in [-0.2, -0.15) is 0 Å². The van der Waals surface area contributed by atoms with Crippen LogP contribution in [0.4, 0.5) is 0 Å². The molecule has 0 radical (unpaired) electrons. The van der Waals surface area contributed by atoms with Gasteiger partial charge in [0.15, 0.2) is 0 Å². The van der Waals surface area contributed by atoms with Crippen LogP contribution >= 0.6 is 0 Å². The lowest BCUT2D eigenvalue weighted by Gasteiger charge is -2.23. The lowest BCUT2D eigenvalue weighted by atomic mass is 10.2.